The molecule has 0 aliphatic carbocycles. The number of rotatable bonds is 8. The molecule has 0 unspecified atom stereocenters. The van der Waals surface area contributed by atoms with Crippen LogP contribution in [-0.2, 0) is 21.4 Å². The van der Waals surface area contributed by atoms with E-state index < -0.39 is 10.0 Å². The maximum absolute atomic E-state index is 12.9. The highest BCUT2D eigenvalue weighted by Crippen LogP contribution is 2.24. The summed E-state index contributed by atoms with van der Waals surface area (Å²) in [6, 6.07) is 11.6. The van der Waals surface area contributed by atoms with Crippen LogP contribution < -0.4 is 9.62 Å². The zero-order chi connectivity index (χ0) is 20.0. The molecule has 0 atom stereocenters. The van der Waals surface area contributed by atoms with E-state index in [1.165, 1.54) is 22.7 Å². The first-order valence-electron chi connectivity index (χ1n) is 8.73. The molecule has 2 aromatic rings. The number of benzene rings is 2. The van der Waals surface area contributed by atoms with Gasteiger partial charge in [0, 0.05) is 19.5 Å². The number of halogens is 1. The summed E-state index contributed by atoms with van der Waals surface area (Å²) in [4.78, 5) is 12.0. The van der Waals surface area contributed by atoms with Gasteiger partial charge in [-0.2, -0.15) is 0 Å². The van der Waals surface area contributed by atoms with E-state index in [2.05, 4.69) is 5.32 Å². The van der Waals surface area contributed by atoms with E-state index in [1.807, 2.05) is 32.0 Å². The SMILES string of the molecule is Cc1ccc(C)c(N(CCCC(=O)NCc2ccc(F)cc2)S(C)(=O)=O)c1. The van der Waals surface area contributed by atoms with E-state index in [9.17, 15) is 17.6 Å². The van der Waals surface area contributed by atoms with Crippen molar-refractivity contribution in [3.8, 4) is 0 Å². The number of carbonyl (C=O) groups is 1. The Balaban J connectivity index is 1.92. The summed E-state index contributed by atoms with van der Waals surface area (Å²) < 4.78 is 38.6. The Labute approximate surface area is 160 Å². The first-order valence-corrected chi connectivity index (χ1v) is 10.6. The molecule has 1 amide bonds. The zero-order valence-electron chi connectivity index (χ0n) is 15.8. The van der Waals surface area contributed by atoms with Crippen molar-refractivity contribution in [2.75, 3.05) is 17.1 Å². The van der Waals surface area contributed by atoms with E-state index >= 15 is 0 Å². The van der Waals surface area contributed by atoms with E-state index in [1.54, 1.807) is 12.1 Å². The van der Waals surface area contributed by atoms with Crippen LogP contribution >= 0.6 is 0 Å². The lowest BCUT2D eigenvalue weighted by Gasteiger charge is -2.24. The summed E-state index contributed by atoms with van der Waals surface area (Å²) in [6.45, 7) is 4.31. The van der Waals surface area contributed by atoms with Gasteiger partial charge in [0.2, 0.25) is 15.9 Å². The van der Waals surface area contributed by atoms with Crippen molar-refractivity contribution in [1.82, 2.24) is 5.32 Å². The lowest BCUT2D eigenvalue weighted by molar-refractivity contribution is -0.121. The van der Waals surface area contributed by atoms with Gasteiger partial charge in [0.15, 0.2) is 0 Å². The standard InChI is InChI=1S/C20H25FN2O3S/c1-15-6-7-16(2)19(13-15)23(27(3,25)26)12-4-5-20(24)22-14-17-8-10-18(21)11-9-17/h6-11,13H,4-5,12,14H2,1-3H3,(H,22,24). The van der Waals surface area contributed by atoms with Crippen molar-refractivity contribution >= 4 is 21.6 Å². The maximum Gasteiger partial charge on any atom is 0.232 e. The number of amides is 1. The van der Waals surface area contributed by atoms with Gasteiger partial charge in [0.1, 0.15) is 5.82 Å². The molecule has 0 saturated carbocycles. The molecule has 5 nitrogen and oxygen atoms in total. The Hall–Kier alpha value is -2.41. The first-order chi connectivity index (χ1) is 12.7. The van der Waals surface area contributed by atoms with E-state index in [0.29, 0.717) is 18.7 Å². The Bertz CT molecular complexity index is 896. The van der Waals surface area contributed by atoms with E-state index in [0.717, 1.165) is 16.7 Å². The van der Waals surface area contributed by atoms with Gasteiger partial charge in [-0.25, -0.2) is 12.8 Å². The largest absolute Gasteiger partial charge is 0.352 e. The van der Waals surface area contributed by atoms with Crippen LogP contribution in [0.5, 0.6) is 0 Å². The number of sulfonamides is 1. The lowest BCUT2D eigenvalue weighted by atomic mass is 10.1. The number of carbonyl (C=O) groups excluding carboxylic acids is 1. The van der Waals surface area contributed by atoms with Crippen LogP contribution in [0.15, 0.2) is 42.5 Å². The second-order valence-electron chi connectivity index (χ2n) is 6.63. The van der Waals surface area contributed by atoms with Gasteiger partial charge < -0.3 is 5.32 Å². The maximum atomic E-state index is 12.9. The summed E-state index contributed by atoms with van der Waals surface area (Å²) >= 11 is 0. The van der Waals surface area contributed by atoms with Crippen molar-refractivity contribution in [1.29, 1.82) is 0 Å². The predicted octanol–water partition coefficient (Wildman–Crippen LogP) is 3.31. The van der Waals surface area contributed by atoms with Crippen LogP contribution in [0.4, 0.5) is 10.1 Å². The van der Waals surface area contributed by atoms with Crippen LogP contribution in [0.3, 0.4) is 0 Å². The average Bonchev–Trinajstić information content (AvgIpc) is 2.59. The molecule has 0 bridgehead atoms. The van der Waals surface area contributed by atoms with E-state index in [4.69, 9.17) is 0 Å². The fourth-order valence-electron chi connectivity index (χ4n) is 2.73. The van der Waals surface area contributed by atoms with Crippen molar-refractivity contribution < 1.29 is 17.6 Å². The molecule has 2 aromatic carbocycles. The van der Waals surface area contributed by atoms with Gasteiger partial charge in [-0.3, -0.25) is 9.10 Å². The quantitative estimate of drug-likeness (QED) is 0.750. The Morgan fingerprint density at radius 1 is 1.11 bits per heavy atom. The van der Waals surface area contributed by atoms with Crippen LogP contribution in [0, 0.1) is 19.7 Å². The average molecular weight is 392 g/mol. The zero-order valence-corrected chi connectivity index (χ0v) is 16.6. The second kappa shape index (κ2) is 8.99. The Morgan fingerprint density at radius 2 is 1.78 bits per heavy atom. The normalized spacial score (nSPS) is 11.3. The molecule has 27 heavy (non-hydrogen) atoms. The summed E-state index contributed by atoms with van der Waals surface area (Å²) in [5.41, 5.74) is 3.29. The summed E-state index contributed by atoms with van der Waals surface area (Å²) in [7, 11) is -3.45. The van der Waals surface area contributed by atoms with Crippen LogP contribution in [0.1, 0.15) is 29.5 Å². The Morgan fingerprint density at radius 3 is 2.41 bits per heavy atom. The number of nitrogens with one attached hydrogen (secondary N) is 1. The van der Waals surface area contributed by atoms with Crippen LogP contribution in [0.2, 0.25) is 0 Å². The molecule has 0 saturated heterocycles. The highest BCUT2D eigenvalue weighted by molar-refractivity contribution is 7.92. The van der Waals surface area contributed by atoms with Gasteiger partial charge in [0.25, 0.3) is 0 Å². The van der Waals surface area contributed by atoms with Crippen molar-refractivity contribution in [2.24, 2.45) is 0 Å². The van der Waals surface area contributed by atoms with Crippen LogP contribution in [-0.4, -0.2) is 27.1 Å². The minimum absolute atomic E-state index is 0.172. The molecule has 2 rings (SSSR count). The van der Waals surface area contributed by atoms with E-state index in [-0.39, 0.29) is 24.7 Å². The summed E-state index contributed by atoms with van der Waals surface area (Å²) in [5, 5.41) is 2.76. The molecule has 0 heterocycles. The molecule has 0 fully saturated rings. The number of nitrogens with zero attached hydrogens (tertiary/aromatic N) is 1. The molecular formula is C20H25FN2O3S. The number of aryl methyl sites for hydroxylation is 2. The molecule has 0 aliphatic heterocycles. The highest BCUT2D eigenvalue weighted by Gasteiger charge is 2.19. The molecule has 1 N–H and O–H groups in total. The highest BCUT2D eigenvalue weighted by atomic mass is 32.2. The van der Waals surface area contributed by atoms with Crippen molar-refractivity contribution in [3.05, 3.63) is 65.0 Å². The van der Waals surface area contributed by atoms with Gasteiger partial charge in [-0.15, -0.1) is 0 Å². The fourth-order valence-corrected chi connectivity index (χ4v) is 3.74. The smallest absolute Gasteiger partial charge is 0.232 e. The second-order valence-corrected chi connectivity index (χ2v) is 8.54. The third-order valence-electron chi connectivity index (χ3n) is 4.20. The van der Waals surface area contributed by atoms with Gasteiger partial charge in [-0.1, -0.05) is 24.3 Å². The molecule has 0 spiro atoms. The van der Waals surface area contributed by atoms with Crippen molar-refractivity contribution in [2.45, 2.75) is 33.2 Å². The lowest BCUT2D eigenvalue weighted by Crippen LogP contribution is -2.32. The topological polar surface area (TPSA) is 66.5 Å². The van der Waals surface area contributed by atoms with Gasteiger partial charge in [-0.05, 0) is 55.2 Å². The van der Waals surface area contributed by atoms with Crippen molar-refractivity contribution in [3.63, 3.8) is 0 Å². The monoisotopic (exact) mass is 392 g/mol. The molecule has 146 valence electrons. The number of hydrogen-bond donors (Lipinski definition) is 1. The minimum atomic E-state index is -3.45. The minimum Gasteiger partial charge on any atom is -0.352 e. The molecular weight excluding hydrogens is 367 g/mol. The number of anilines is 1. The third kappa shape index (κ3) is 6.36. The molecule has 7 heteroatoms. The summed E-state index contributed by atoms with van der Waals surface area (Å²) in [5.74, 6) is -0.494. The van der Waals surface area contributed by atoms with Crippen LogP contribution in [0.25, 0.3) is 0 Å². The molecule has 0 radical (unpaired) electrons. The van der Waals surface area contributed by atoms with Gasteiger partial charge >= 0.3 is 0 Å². The predicted molar refractivity (Wildman–Crippen MR) is 106 cm³/mol. The number of hydrogen-bond acceptors (Lipinski definition) is 3. The van der Waals surface area contributed by atoms with Gasteiger partial charge in [0.05, 0.1) is 11.9 Å². The third-order valence-corrected chi connectivity index (χ3v) is 5.38. The molecule has 0 aliphatic rings. The first kappa shape index (κ1) is 20.9. The molecule has 0 aromatic heterocycles. The summed E-state index contributed by atoms with van der Waals surface area (Å²) in [6.07, 6.45) is 1.77. The fraction of sp³-hybridized carbons (Fsp3) is 0.350. The Kier molecular flexibility index (Phi) is 6.96.